The van der Waals surface area contributed by atoms with Crippen LogP contribution in [0.4, 0.5) is 17.1 Å². The minimum atomic E-state index is -0.642. The number of amides is 2. The highest BCUT2D eigenvalue weighted by Crippen LogP contribution is 2.35. The van der Waals surface area contributed by atoms with Crippen LogP contribution in [0.1, 0.15) is 6.42 Å². The fraction of sp³-hybridized carbons (Fsp3) is 0.300. The lowest BCUT2D eigenvalue weighted by Gasteiger charge is -2.29. The van der Waals surface area contributed by atoms with E-state index in [1.807, 2.05) is 24.3 Å². The number of morpholine rings is 1. The van der Waals surface area contributed by atoms with Gasteiger partial charge < -0.3 is 15.0 Å². The van der Waals surface area contributed by atoms with Crippen LogP contribution in [0.3, 0.4) is 0 Å². The summed E-state index contributed by atoms with van der Waals surface area (Å²) in [5.74, 6) is -0.650. The summed E-state index contributed by atoms with van der Waals surface area (Å²) < 4.78 is 5.37. The van der Waals surface area contributed by atoms with Crippen LogP contribution >= 0.6 is 23.2 Å². The zero-order valence-electron chi connectivity index (χ0n) is 15.0. The molecule has 0 aromatic heterocycles. The van der Waals surface area contributed by atoms with Crippen LogP contribution in [0.25, 0.3) is 0 Å². The predicted octanol–water partition coefficient (Wildman–Crippen LogP) is 3.57. The smallest absolute Gasteiger partial charge is 0.256 e. The van der Waals surface area contributed by atoms with Crippen molar-refractivity contribution >= 4 is 52.1 Å². The van der Waals surface area contributed by atoms with E-state index in [1.54, 1.807) is 18.2 Å². The van der Waals surface area contributed by atoms with Crippen LogP contribution in [0.5, 0.6) is 0 Å². The first-order valence-electron chi connectivity index (χ1n) is 9.04. The Balaban J connectivity index is 1.47. The van der Waals surface area contributed by atoms with Gasteiger partial charge in [0.05, 0.1) is 35.4 Å². The van der Waals surface area contributed by atoms with Crippen LogP contribution in [0.2, 0.25) is 10.0 Å². The van der Waals surface area contributed by atoms with Gasteiger partial charge in [-0.3, -0.25) is 9.59 Å². The average Bonchev–Trinajstić information content (AvgIpc) is 2.98. The minimum absolute atomic E-state index is 0.0624. The molecule has 1 atom stereocenters. The van der Waals surface area contributed by atoms with E-state index in [4.69, 9.17) is 27.9 Å². The van der Waals surface area contributed by atoms with E-state index < -0.39 is 6.04 Å². The number of halogens is 2. The Morgan fingerprint density at radius 2 is 1.71 bits per heavy atom. The molecule has 0 saturated carbocycles. The third kappa shape index (κ3) is 3.68. The number of nitrogens with zero attached hydrogens (tertiary/aromatic N) is 2. The fourth-order valence-corrected chi connectivity index (χ4v) is 3.83. The van der Waals surface area contributed by atoms with Crippen molar-refractivity contribution in [3.63, 3.8) is 0 Å². The molecule has 6 nitrogen and oxygen atoms in total. The third-order valence-electron chi connectivity index (χ3n) is 4.90. The van der Waals surface area contributed by atoms with E-state index >= 15 is 0 Å². The number of rotatable bonds is 4. The zero-order valence-corrected chi connectivity index (χ0v) is 16.5. The van der Waals surface area contributed by atoms with Gasteiger partial charge in [0.1, 0.15) is 6.04 Å². The predicted molar refractivity (Wildman–Crippen MR) is 110 cm³/mol. The molecule has 1 N–H and O–H groups in total. The van der Waals surface area contributed by atoms with Gasteiger partial charge in [-0.1, -0.05) is 29.3 Å². The molecule has 8 heteroatoms. The maximum Gasteiger partial charge on any atom is 0.256 e. The molecular weight excluding hydrogens is 401 g/mol. The number of ether oxygens (including phenoxy) is 1. The van der Waals surface area contributed by atoms with Crippen LogP contribution in [0.15, 0.2) is 42.5 Å². The molecule has 28 heavy (non-hydrogen) atoms. The zero-order chi connectivity index (χ0) is 19.7. The minimum Gasteiger partial charge on any atom is -0.378 e. The summed E-state index contributed by atoms with van der Waals surface area (Å²) in [6, 6.07) is 12.1. The number of hydrogen-bond acceptors (Lipinski definition) is 5. The van der Waals surface area contributed by atoms with Crippen LogP contribution < -0.4 is 15.1 Å². The van der Waals surface area contributed by atoms with Gasteiger partial charge in [0.15, 0.2) is 0 Å². The average molecular weight is 420 g/mol. The lowest BCUT2D eigenvalue weighted by molar-refractivity contribution is -0.121. The molecule has 0 radical (unpaired) electrons. The molecular formula is C20H19Cl2N3O3. The summed E-state index contributed by atoms with van der Waals surface area (Å²) in [4.78, 5) is 28.6. The fourth-order valence-electron chi connectivity index (χ4n) is 3.45. The highest BCUT2D eigenvalue weighted by atomic mass is 35.5. The van der Waals surface area contributed by atoms with Crippen LogP contribution in [0, 0.1) is 0 Å². The lowest BCUT2D eigenvalue weighted by atomic mass is 10.2. The van der Waals surface area contributed by atoms with E-state index in [9.17, 15) is 9.59 Å². The van der Waals surface area contributed by atoms with Crippen molar-refractivity contribution in [1.29, 1.82) is 0 Å². The van der Waals surface area contributed by atoms with Gasteiger partial charge in [-0.05, 0) is 36.4 Å². The molecule has 146 valence electrons. The molecule has 0 aliphatic carbocycles. The van der Waals surface area contributed by atoms with Crippen molar-refractivity contribution in [3.05, 3.63) is 52.5 Å². The molecule has 4 rings (SSSR count). The number of imide groups is 1. The Morgan fingerprint density at radius 1 is 1.00 bits per heavy atom. The molecule has 2 fully saturated rings. The first-order valence-corrected chi connectivity index (χ1v) is 9.80. The molecule has 2 heterocycles. The van der Waals surface area contributed by atoms with Crippen LogP contribution in [-0.2, 0) is 14.3 Å². The van der Waals surface area contributed by atoms with E-state index in [2.05, 4.69) is 10.2 Å². The summed E-state index contributed by atoms with van der Waals surface area (Å²) >= 11 is 12.2. The molecule has 2 aliphatic heterocycles. The second kappa shape index (κ2) is 7.99. The van der Waals surface area contributed by atoms with Crippen molar-refractivity contribution in [2.24, 2.45) is 0 Å². The molecule has 2 aliphatic rings. The summed E-state index contributed by atoms with van der Waals surface area (Å²) in [5, 5.41) is 3.65. The Labute approximate surface area is 173 Å². The van der Waals surface area contributed by atoms with E-state index in [1.165, 1.54) is 0 Å². The van der Waals surface area contributed by atoms with Crippen molar-refractivity contribution in [1.82, 2.24) is 0 Å². The van der Waals surface area contributed by atoms with E-state index in [0.29, 0.717) is 10.7 Å². The maximum atomic E-state index is 12.8. The van der Waals surface area contributed by atoms with Gasteiger partial charge in [-0.15, -0.1) is 0 Å². The molecule has 2 amide bonds. The summed E-state index contributed by atoms with van der Waals surface area (Å²) in [6.07, 6.45) is 0.0624. The Hall–Kier alpha value is -2.28. The highest BCUT2D eigenvalue weighted by molar-refractivity contribution is 6.45. The summed E-state index contributed by atoms with van der Waals surface area (Å²) in [6.45, 7) is 3.16. The number of anilines is 3. The first-order chi connectivity index (χ1) is 13.5. The SMILES string of the molecule is O=C1CC(Nc2ccc(N3CCOCC3)cc2)C(=O)N1c1cccc(Cl)c1Cl. The number of benzene rings is 2. The Bertz CT molecular complexity index is 898. The van der Waals surface area contributed by atoms with Crippen LogP contribution in [-0.4, -0.2) is 44.2 Å². The molecule has 2 aromatic rings. The molecule has 0 spiro atoms. The third-order valence-corrected chi connectivity index (χ3v) is 5.71. The standard InChI is InChI=1S/C20H19Cl2N3O3/c21-15-2-1-3-17(19(15)22)25-18(26)12-16(20(25)27)23-13-4-6-14(7-5-13)24-8-10-28-11-9-24/h1-7,16,23H,8-12H2. The second-order valence-electron chi connectivity index (χ2n) is 6.69. The van der Waals surface area contributed by atoms with Crippen molar-refractivity contribution in [3.8, 4) is 0 Å². The van der Waals surface area contributed by atoms with Gasteiger partial charge in [-0.25, -0.2) is 4.90 Å². The highest BCUT2D eigenvalue weighted by Gasteiger charge is 2.40. The summed E-state index contributed by atoms with van der Waals surface area (Å²) in [7, 11) is 0. The first kappa shape index (κ1) is 19.1. The van der Waals surface area contributed by atoms with Crippen molar-refractivity contribution in [2.75, 3.05) is 41.4 Å². The van der Waals surface area contributed by atoms with Gasteiger partial charge in [0, 0.05) is 24.5 Å². The molecule has 1 unspecified atom stereocenters. The van der Waals surface area contributed by atoms with Crippen molar-refractivity contribution in [2.45, 2.75) is 12.5 Å². The lowest BCUT2D eigenvalue weighted by Crippen LogP contribution is -2.36. The Kier molecular flexibility index (Phi) is 5.44. The number of nitrogens with one attached hydrogen (secondary N) is 1. The topological polar surface area (TPSA) is 61.9 Å². The van der Waals surface area contributed by atoms with E-state index in [-0.39, 0.29) is 23.3 Å². The second-order valence-corrected chi connectivity index (χ2v) is 7.47. The summed E-state index contributed by atoms with van der Waals surface area (Å²) in [5.41, 5.74) is 2.20. The monoisotopic (exact) mass is 419 g/mol. The van der Waals surface area contributed by atoms with E-state index in [0.717, 1.165) is 42.6 Å². The molecule has 2 saturated heterocycles. The molecule has 0 bridgehead atoms. The van der Waals surface area contributed by atoms with Crippen molar-refractivity contribution < 1.29 is 14.3 Å². The van der Waals surface area contributed by atoms with Gasteiger partial charge >= 0.3 is 0 Å². The Morgan fingerprint density at radius 3 is 2.43 bits per heavy atom. The quantitative estimate of drug-likeness (QED) is 0.767. The number of carbonyl (C=O) groups is 2. The maximum absolute atomic E-state index is 12.8. The van der Waals surface area contributed by atoms with Gasteiger partial charge in [-0.2, -0.15) is 0 Å². The largest absolute Gasteiger partial charge is 0.378 e. The normalized spacial score (nSPS) is 20.0. The number of hydrogen-bond donors (Lipinski definition) is 1. The van der Waals surface area contributed by atoms with Gasteiger partial charge in [0.2, 0.25) is 5.91 Å². The molecule has 2 aromatic carbocycles. The number of carbonyl (C=O) groups excluding carboxylic acids is 2. The van der Waals surface area contributed by atoms with Gasteiger partial charge in [0.25, 0.3) is 5.91 Å².